The summed E-state index contributed by atoms with van der Waals surface area (Å²) in [5.74, 6) is 0. The maximum Gasteiger partial charge on any atom is 0.150 e. The minimum absolute atomic E-state index is 0.694. The number of carbonyl (C=O) groups is 1. The smallest absolute Gasteiger partial charge is 0.150 e. The van der Waals surface area contributed by atoms with Crippen LogP contribution < -0.4 is 0 Å². The Labute approximate surface area is 181 Å². The number of benzene rings is 3. The van der Waals surface area contributed by atoms with Crippen LogP contribution in [-0.2, 0) is 12.8 Å². The SMILES string of the molecule is O=Cc1ccccc1CCCc1cccc(/C=C/c2ccc3ccc(Cl)cc3n2)c1. The van der Waals surface area contributed by atoms with Gasteiger partial charge < -0.3 is 0 Å². The summed E-state index contributed by atoms with van der Waals surface area (Å²) in [6, 6.07) is 26.2. The molecule has 0 saturated carbocycles. The average Bonchev–Trinajstić information content (AvgIpc) is 2.78. The molecule has 0 saturated heterocycles. The lowest BCUT2D eigenvalue weighted by molar-refractivity contribution is 0.112. The van der Waals surface area contributed by atoms with Gasteiger partial charge in [-0.3, -0.25) is 4.79 Å². The van der Waals surface area contributed by atoms with Gasteiger partial charge in [-0.15, -0.1) is 0 Å². The van der Waals surface area contributed by atoms with Crippen molar-refractivity contribution in [1.29, 1.82) is 0 Å². The predicted octanol–water partition coefficient (Wildman–Crippen LogP) is 7.05. The molecule has 2 nitrogen and oxygen atoms in total. The molecule has 0 fully saturated rings. The molecule has 0 N–H and O–H groups in total. The third-order valence-corrected chi connectivity index (χ3v) is 5.40. The minimum Gasteiger partial charge on any atom is -0.298 e. The molecule has 0 aliphatic heterocycles. The number of aldehydes is 1. The van der Waals surface area contributed by atoms with E-state index in [0.717, 1.165) is 58.8 Å². The molecule has 0 atom stereocenters. The molecule has 0 bridgehead atoms. The summed E-state index contributed by atoms with van der Waals surface area (Å²) < 4.78 is 0. The molecular formula is C27H22ClNO. The molecule has 148 valence electrons. The van der Waals surface area contributed by atoms with Crippen LogP contribution in [0.25, 0.3) is 23.1 Å². The molecule has 0 amide bonds. The maximum absolute atomic E-state index is 11.2. The fraction of sp³-hybridized carbons (Fsp3) is 0.111. The number of carbonyl (C=O) groups excluding carboxylic acids is 1. The minimum atomic E-state index is 0.694. The van der Waals surface area contributed by atoms with Crippen molar-refractivity contribution in [2.45, 2.75) is 19.3 Å². The number of fused-ring (bicyclic) bond motifs is 1. The molecule has 1 heterocycles. The van der Waals surface area contributed by atoms with Crippen LogP contribution in [0.1, 0.15) is 39.2 Å². The van der Waals surface area contributed by atoms with Crippen LogP contribution in [0.15, 0.2) is 78.9 Å². The summed E-state index contributed by atoms with van der Waals surface area (Å²) in [6.45, 7) is 0. The average molecular weight is 412 g/mol. The molecule has 1 aromatic heterocycles. The van der Waals surface area contributed by atoms with Crippen molar-refractivity contribution in [2.75, 3.05) is 0 Å². The van der Waals surface area contributed by atoms with E-state index < -0.39 is 0 Å². The van der Waals surface area contributed by atoms with Crippen LogP contribution in [-0.4, -0.2) is 11.3 Å². The maximum atomic E-state index is 11.2. The molecule has 0 aliphatic carbocycles. The van der Waals surface area contributed by atoms with Crippen LogP contribution in [0, 0.1) is 0 Å². The van der Waals surface area contributed by atoms with Gasteiger partial charge in [-0.2, -0.15) is 0 Å². The van der Waals surface area contributed by atoms with Gasteiger partial charge in [0.15, 0.2) is 0 Å². The highest BCUT2D eigenvalue weighted by atomic mass is 35.5. The standard InChI is InChI=1S/C27H22ClNO/c28-25-14-12-23-13-16-26(29-27(23)18-25)15-11-21-6-3-5-20(17-21)7-4-10-22-8-1-2-9-24(22)19-30/h1-3,5-6,8-9,11-19H,4,7,10H2/b15-11+. The summed E-state index contributed by atoms with van der Waals surface area (Å²) >= 11 is 6.08. The molecule has 30 heavy (non-hydrogen) atoms. The van der Waals surface area contributed by atoms with Crippen molar-refractivity contribution in [1.82, 2.24) is 4.98 Å². The lowest BCUT2D eigenvalue weighted by Crippen LogP contribution is -1.95. The number of hydrogen-bond donors (Lipinski definition) is 0. The monoisotopic (exact) mass is 411 g/mol. The van der Waals surface area contributed by atoms with Gasteiger partial charge in [-0.05, 0) is 60.2 Å². The zero-order valence-corrected chi connectivity index (χ0v) is 17.3. The Bertz CT molecular complexity index is 1210. The zero-order chi connectivity index (χ0) is 20.8. The van der Waals surface area contributed by atoms with E-state index in [1.807, 2.05) is 54.6 Å². The van der Waals surface area contributed by atoms with Crippen LogP contribution in [0.2, 0.25) is 5.02 Å². The van der Waals surface area contributed by atoms with Crippen molar-refractivity contribution in [3.05, 3.63) is 112 Å². The van der Waals surface area contributed by atoms with E-state index in [9.17, 15) is 4.79 Å². The molecule has 0 aliphatic rings. The van der Waals surface area contributed by atoms with Crippen molar-refractivity contribution >= 4 is 40.9 Å². The summed E-state index contributed by atoms with van der Waals surface area (Å²) in [4.78, 5) is 15.8. The Morgan fingerprint density at radius 1 is 0.833 bits per heavy atom. The van der Waals surface area contributed by atoms with Crippen molar-refractivity contribution < 1.29 is 4.79 Å². The highest BCUT2D eigenvalue weighted by Gasteiger charge is 2.02. The second-order valence-corrected chi connectivity index (χ2v) is 7.76. The van der Waals surface area contributed by atoms with E-state index in [1.165, 1.54) is 5.56 Å². The largest absolute Gasteiger partial charge is 0.298 e. The van der Waals surface area contributed by atoms with Crippen LogP contribution in [0.4, 0.5) is 0 Å². The first kappa shape index (κ1) is 20.1. The molecule has 3 heteroatoms. The van der Waals surface area contributed by atoms with E-state index in [0.29, 0.717) is 5.02 Å². The third kappa shape index (κ3) is 5.03. The molecular weight excluding hydrogens is 390 g/mol. The molecule has 4 rings (SSSR count). The third-order valence-electron chi connectivity index (χ3n) is 5.17. The van der Waals surface area contributed by atoms with Gasteiger partial charge in [0.2, 0.25) is 0 Å². The van der Waals surface area contributed by atoms with E-state index >= 15 is 0 Å². The first-order valence-corrected chi connectivity index (χ1v) is 10.5. The normalized spacial score (nSPS) is 11.2. The zero-order valence-electron chi connectivity index (χ0n) is 16.6. The number of pyridine rings is 1. The Balaban J connectivity index is 1.42. The Morgan fingerprint density at radius 2 is 1.70 bits per heavy atom. The van der Waals surface area contributed by atoms with Gasteiger partial charge in [-0.25, -0.2) is 4.98 Å². The first-order valence-electron chi connectivity index (χ1n) is 10.1. The lowest BCUT2D eigenvalue weighted by atomic mass is 9.99. The van der Waals surface area contributed by atoms with E-state index in [4.69, 9.17) is 11.6 Å². The molecule has 0 unspecified atom stereocenters. The second-order valence-electron chi connectivity index (χ2n) is 7.32. The highest BCUT2D eigenvalue weighted by molar-refractivity contribution is 6.31. The summed E-state index contributed by atoms with van der Waals surface area (Å²) in [7, 11) is 0. The Hall–Kier alpha value is -3.23. The van der Waals surface area contributed by atoms with Crippen LogP contribution >= 0.6 is 11.6 Å². The highest BCUT2D eigenvalue weighted by Crippen LogP contribution is 2.19. The number of halogens is 1. The van der Waals surface area contributed by atoms with Gasteiger partial charge in [0.05, 0.1) is 11.2 Å². The Kier molecular flexibility index (Phi) is 6.36. The van der Waals surface area contributed by atoms with Crippen LogP contribution in [0.3, 0.4) is 0 Å². The second kappa shape index (κ2) is 9.51. The van der Waals surface area contributed by atoms with Gasteiger partial charge in [0.1, 0.15) is 6.29 Å². The number of hydrogen-bond acceptors (Lipinski definition) is 2. The Morgan fingerprint density at radius 3 is 2.60 bits per heavy atom. The molecule has 0 spiro atoms. The van der Waals surface area contributed by atoms with Crippen molar-refractivity contribution in [3.8, 4) is 0 Å². The first-order chi connectivity index (χ1) is 14.7. The predicted molar refractivity (Wildman–Crippen MR) is 126 cm³/mol. The number of nitrogens with zero attached hydrogens (tertiary/aromatic N) is 1. The van der Waals surface area contributed by atoms with Crippen molar-refractivity contribution in [3.63, 3.8) is 0 Å². The van der Waals surface area contributed by atoms with Crippen LogP contribution in [0.5, 0.6) is 0 Å². The van der Waals surface area contributed by atoms with Gasteiger partial charge in [-0.1, -0.05) is 78.3 Å². The molecule has 4 aromatic rings. The number of rotatable bonds is 7. The van der Waals surface area contributed by atoms with Gasteiger partial charge >= 0.3 is 0 Å². The summed E-state index contributed by atoms with van der Waals surface area (Å²) in [6.07, 6.45) is 7.93. The van der Waals surface area contributed by atoms with E-state index in [-0.39, 0.29) is 0 Å². The number of aryl methyl sites for hydroxylation is 2. The number of aromatic nitrogens is 1. The quantitative estimate of drug-likeness (QED) is 0.305. The van der Waals surface area contributed by atoms with Crippen molar-refractivity contribution in [2.24, 2.45) is 0 Å². The van der Waals surface area contributed by atoms with E-state index in [2.05, 4.69) is 41.4 Å². The summed E-state index contributed by atoms with van der Waals surface area (Å²) in [5.41, 5.74) is 6.15. The lowest BCUT2D eigenvalue weighted by Gasteiger charge is -2.06. The van der Waals surface area contributed by atoms with Gasteiger partial charge in [0, 0.05) is 16.0 Å². The van der Waals surface area contributed by atoms with E-state index in [1.54, 1.807) is 0 Å². The topological polar surface area (TPSA) is 30.0 Å². The van der Waals surface area contributed by atoms with Gasteiger partial charge in [0.25, 0.3) is 0 Å². The fourth-order valence-electron chi connectivity index (χ4n) is 3.59. The molecule has 3 aromatic carbocycles. The summed E-state index contributed by atoms with van der Waals surface area (Å²) in [5, 5.41) is 1.77. The fourth-order valence-corrected chi connectivity index (χ4v) is 3.76. The molecule has 0 radical (unpaired) electrons.